The third-order valence-electron chi connectivity index (χ3n) is 6.27. The van der Waals surface area contributed by atoms with Gasteiger partial charge < -0.3 is 18.6 Å². The molecule has 0 N–H and O–H groups in total. The van der Waals surface area contributed by atoms with Gasteiger partial charge in [-0.05, 0) is 82.4 Å². The van der Waals surface area contributed by atoms with Crippen molar-refractivity contribution < 1.29 is 23.4 Å². The second kappa shape index (κ2) is 13.9. The van der Waals surface area contributed by atoms with Crippen LogP contribution in [-0.4, -0.2) is 33.6 Å². The van der Waals surface area contributed by atoms with Crippen LogP contribution in [0.1, 0.15) is 86.6 Å². The summed E-state index contributed by atoms with van der Waals surface area (Å²) in [4.78, 5) is 13.3. The van der Waals surface area contributed by atoms with E-state index >= 15 is 0 Å². The highest BCUT2D eigenvalue weighted by Gasteiger charge is 2.39. The van der Waals surface area contributed by atoms with Gasteiger partial charge in [-0.1, -0.05) is 52.7 Å². The van der Waals surface area contributed by atoms with E-state index in [0.29, 0.717) is 30.1 Å². The van der Waals surface area contributed by atoms with E-state index in [9.17, 15) is 4.79 Å². The van der Waals surface area contributed by atoms with Crippen LogP contribution in [-0.2, 0) is 20.7 Å². The van der Waals surface area contributed by atoms with E-state index < -0.39 is 13.9 Å². The van der Waals surface area contributed by atoms with Crippen LogP contribution in [0.5, 0.6) is 11.5 Å². The molecule has 1 aromatic carbocycles. The molecule has 6 heteroatoms. The normalized spacial score (nSPS) is 13.4. The third-order valence-corrected chi connectivity index (χ3v) is 10.6. The van der Waals surface area contributed by atoms with Crippen LogP contribution >= 0.6 is 0 Å². The molecule has 0 unspecified atom stereocenters. The number of allylic oxidation sites excluding steroid dienone is 2. The molecule has 5 nitrogen and oxygen atoms in total. The van der Waals surface area contributed by atoms with Crippen LogP contribution in [0.15, 0.2) is 41.7 Å². The Morgan fingerprint density at radius 3 is 2.19 bits per heavy atom. The fourth-order valence-electron chi connectivity index (χ4n) is 3.23. The number of rotatable bonds is 13. The molecule has 0 atom stereocenters. The summed E-state index contributed by atoms with van der Waals surface area (Å²) in [6, 6.07) is 5.88. The summed E-state index contributed by atoms with van der Waals surface area (Å²) in [5.74, 6) is 1.58. The molecule has 0 radical (unpaired) electrons. The van der Waals surface area contributed by atoms with E-state index in [2.05, 4.69) is 46.9 Å². The molecule has 0 fully saturated rings. The van der Waals surface area contributed by atoms with Gasteiger partial charge in [0.15, 0.2) is 5.75 Å². The zero-order valence-electron chi connectivity index (χ0n) is 24.7. The zero-order chi connectivity index (χ0) is 27.6. The molecule has 0 saturated heterocycles. The Labute approximate surface area is 221 Å². The lowest BCUT2D eigenvalue weighted by atomic mass is 10.0. The fourth-order valence-corrected chi connectivity index (χ4v) is 4.26. The average Bonchev–Trinajstić information content (AvgIpc) is 2.75. The molecule has 204 valence electrons. The summed E-state index contributed by atoms with van der Waals surface area (Å²) in [6.45, 7) is 21.3. The van der Waals surface area contributed by atoms with Crippen LogP contribution in [0.25, 0.3) is 0 Å². The maximum absolute atomic E-state index is 13.3. The topological polar surface area (TPSA) is 54.0 Å². The molecule has 0 bridgehead atoms. The first-order chi connectivity index (χ1) is 16.6. The smallest absolute Gasteiger partial charge is 0.338 e. The second-order valence-electron chi connectivity index (χ2n) is 11.7. The Balaban J connectivity index is 3.41. The van der Waals surface area contributed by atoms with Gasteiger partial charge >= 0.3 is 5.97 Å². The number of carbonyl (C=O) groups is 1. The van der Waals surface area contributed by atoms with Crippen molar-refractivity contribution in [3.63, 3.8) is 0 Å². The molecule has 0 aliphatic rings. The average molecular weight is 519 g/mol. The molecule has 0 amide bonds. The monoisotopic (exact) mass is 518 g/mol. The minimum absolute atomic E-state index is 0.0686. The summed E-state index contributed by atoms with van der Waals surface area (Å²) >= 11 is 0. The van der Waals surface area contributed by atoms with E-state index in [4.69, 9.17) is 18.6 Å². The summed E-state index contributed by atoms with van der Waals surface area (Å²) in [5.41, 5.74) is 0.814. The largest absolute Gasteiger partial charge is 0.541 e. The van der Waals surface area contributed by atoms with E-state index in [-0.39, 0.29) is 11.0 Å². The number of hydrogen-bond donors (Lipinski definition) is 0. The summed E-state index contributed by atoms with van der Waals surface area (Å²) < 4.78 is 23.9. The first kappa shape index (κ1) is 31.8. The molecule has 0 heterocycles. The van der Waals surface area contributed by atoms with Crippen molar-refractivity contribution in [2.75, 3.05) is 13.7 Å². The minimum Gasteiger partial charge on any atom is -0.541 e. The van der Waals surface area contributed by atoms with Gasteiger partial charge in [-0.15, -0.1) is 0 Å². The minimum atomic E-state index is -2.03. The quantitative estimate of drug-likeness (QED) is 0.0655. The lowest BCUT2D eigenvalue weighted by Gasteiger charge is -2.36. The van der Waals surface area contributed by atoms with Crippen molar-refractivity contribution in [2.45, 2.75) is 111 Å². The standard InChI is InChI=1S/C30H50O5Si/c1-12-14-15-16-17-18-25(33-13-2)24(28(31)34-29(3,4)5)21-23-19-20-26(27(22-23)32-9)35-36(10,11)30(6,7)8/h17-20,22H,12-16,21H2,1-11H3/b18-17+,25-24+. The fraction of sp³-hybridized carbons (Fsp3) is 0.633. The highest BCUT2D eigenvalue weighted by molar-refractivity contribution is 6.74. The van der Waals surface area contributed by atoms with E-state index in [0.717, 1.165) is 24.2 Å². The molecule has 1 aromatic rings. The van der Waals surface area contributed by atoms with Crippen molar-refractivity contribution in [3.8, 4) is 11.5 Å². The maximum atomic E-state index is 13.3. The zero-order valence-corrected chi connectivity index (χ0v) is 25.7. The Bertz CT molecular complexity index is 901. The van der Waals surface area contributed by atoms with Gasteiger partial charge in [-0.25, -0.2) is 4.79 Å². The van der Waals surface area contributed by atoms with Crippen LogP contribution in [0.2, 0.25) is 18.1 Å². The predicted octanol–water partition coefficient (Wildman–Crippen LogP) is 8.39. The Morgan fingerprint density at radius 1 is 1.00 bits per heavy atom. The van der Waals surface area contributed by atoms with Crippen LogP contribution < -0.4 is 9.16 Å². The number of benzene rings is 1. The molecule has 0 spiro atoms. The molecular weight excluding hydrogens is 468 g/mol. The molecular formula is C30H50O5Si. The lowest BCUT2D eigenvalue weighted by molar-refractivity contribution is -0.150. The number of hydrogen-bond acceptors (Lipinski definition) is 5. The van der Waals surface area contributed by atoms with Gasteiger partial charge in [0, 0.05) is 6.42 Å². The number of esters is 1. The van der Waals surface area contributed by atoms with E-state index in [1.54, 1.807) is 7.11 Å². The summed E-state index contributed by atoms with van der Waals surface area (Å²) in [6.07, 6.45) is 8.77. The van der Waals surface area contributed by atoms with Crippen molar-refractivity contribution in [3.05, 3.63) is 47.2 Å². The molecule has 0 aliphatic heterocycles. The molecule has 0 aromatic heterocycles. The van der Waals surface area contributed by atoms with Crippen LogP contribution in [0, 0.1) is 0 Å². The van der Waals surface area contributed by atoms with Gasteiger partial charge in [-0.2, -0.15) is 0 Å². The first-order valence-electron chi connectivity index (χ1n) is 13.3. The number of methoxy groups -OCH3 is 1. The molecule has 36 heavy (non-hydrogen) atoms. The highest BCUT2D eigenvalue weighted by atomic mass is 28.4. The van der Waals surface area contributed by atoms with Gasteiger partial charge in [0.25, 0.3) is 8.32 Å². The second-order valence-corrected chi connectivity index (χ2v) is 16.4. The van der Waals surface area contributed by atoms with Crippen molar-refractivity contribution in [1.82, 2.24) is 0 Å². The van der Waals surface area contributed by atoms with Gasteiger partial charge in [0.1, 0.15) is 17.1 Å². The predicted molar refractivity (Wildman–Crippen MR) is 152 cm³/mol. The molecule has 0 aliphatic carbocycles. The van der Waals surface area contributed by atoms with E-state index in [1.165, 1.54) is 12.8 Å². The van der Waals surface area contributed by atoms with E-state index in [1.807, 2.05) is 52.0 Å². The number of ether oxygens (including phenoxy) is 3. The van der Waals surface area contributed by atoms with Crippen molar-refractivity contribution in [1.29, 1.82) is 0 Å². The maximum Gasteiger partial charge on any atom is 0.338 e. The Morgan fingerprint density at radius 2 is 1.67 bits per heavy atom. The highest BCUT2D eigenvalue weighted by Crippen LogP contribution is 2.40. The van der Waals surface area contributed by atoms with Crippen molar-refractivity contribution in [2.24, 2.45) is 0 Å². The Hall–Kier alpha value is -2.21. The van der Waals surface area contributed by atoms with Gasteiger partial charge in [0.2, 0.25) is 0 Å². The van der Waals surface area contributed by atoms with Gasteiger partial charge in [-0.3, -0.25) is 0 Å². The molecule has 0 saturated carbocycles. The SMILES string of the molecule is CCCCC/C=C/C(OCC)=C(/Cc1ccc(O[Si](C)(C)C(C)(C)C)c(OC)c1)C(=O)OC(C)(C)C. The first-order valence-corrected chi connectivity index (χ1v) is 16.2. The Kier molecular flexibility index (Phi) is 12.3. The van der Waals surface area contributed by atoms with Crippen molar-refractivity contribution >= 4 is 14.3 Å². The molecule has 1 rings (SSSR count). The summed E-state index contributed by atoms with van der Waals surface area (Å²) in [5, 5.41) is 0.0686. The lowest BCUT2D eigenvalue weighted by Crippen LogP contribution is -2.43. The summed E-state index contributed by atoms with van der Waals surface area (Å²) in [7, 11) is -0.388. The van der Waals surface area contributed by atoms with Crippen LogP contribution in [0.4, 0.5) is 0 Å². The van der Waals surface area contributed by atoms with Crippen LogP contribution in [0.3, 0.4) is 0 Å². The number of carbonyl (C=O) groups excluding carboxylic acids is 1. The van der Waals surface area contributed by atoms with Gasteiger partial charge in [0.05, 0.1) is 19.3 Å². The number of unbranched alkanes of at least 4 members (excludes halogenated alkanes) is 3. The third kappa shape index (κ3) is 10.4.